The molecule has 1 fully saturated rings. The standard InChI is InChI=1S/C21H23ClN4O/c1-14-7-9-16(10-8-14)26-20-18(15(2)24-26)19(22)17(13-23-20)21(27)25-11-5-3-4-6-12-25/h7-10,13H,3-6,11-12H2,1-2H3. The van der Waals surface area contributed by atoms with E-state index in [0.717, 1.165) is 42.7 Å². The van der Waals surface area contributed by atoms with Gasteiger partial charge in [-0.3, -0.25) is 4.79 Å². The van der Waals surface area contributed by atoms with Crippen molar-refractivity contribution >= 4 is 28.5 Å². The predicted octanol–water partition coefficient (Wildman–Crippen LogP) is 4.71. The number of aromatic nitrogens is 3. The zero-order valence-electron chi connectivity index (χ0n) is 15.7. The Morgan fingerprint density at radius 2 is 1.70 bits per heavy atom. The number of likely N-dealkylation sites (tertiary alicyclic amines) is 1. The number of halogens is 1. The van der Waals surface area contributed by atoms with Gasteiger partial charge >= 0.3 is 0 Å². The molecule has 4 rings (SSSR count). The SMILES string of the molecule is Cc1ccc(-n2nc(C)c3c(Cl)c(C(=O)N4CCCCCC4)cnc32)cc1. The van der Waals surface area contributed by atoms with E-state index in [9.17, 15) is 4.79 Å². The minimum atomic E-state index is -0.0289. The summed E-state index contributed by atoms with van der Waals surface area (Å²) < 4.78 is 1.79. The summed E-state index contributed by atoms with van der Waals surface area (Å²) in [6.45, 7) is 5.52. The van der Waals surface area contributed by atoms with E-state index in [-0.39, 0.29) is 5.91 Å². The predicted molar refractivity (Wildman–Crippen MR) is 108 cm³/mol. The molecule has 1 aliphatic rings. The molecule has 0 unspecified atom stereocenters. The normalized spacial score (nSPS) is 15.1. The fourth-order valence-electron chi connectivity index (χ4n) is 3.67. The molecule has 1 amide bonds. The van der Waals surface area contributed by atoms with Crippen LogP contribution in [0.2, 0.25) is 5.02 Å². The number of benzene rings is 1. The number of hydrogen-bond acceptors (Lipinski definition) is 3. The quantitative estimate of drug-likeness (QED) is 0.645. The first-order valence-electron chi connectivity index (χ1n) is 9.46. The van der Waals surface area contributed by atoms with Gasteiger partial charge in [-0.05, 0) is 38.8 Å². The van der Waals surface area contributed by atoms with Gasteiger partial charge in [0.25, 0.3) is 5.91 Å². The van der Waals surface area contributed by atoms with Crippen LogP contribution in [0.4, 0.5) is 0 Å². The highest BCUT2D eigenvalue weighted by Gasteiger charge is 2.24. The van der Waals surface area contributed by atoms with Crippen LogP contribution in [0, 0.1) is 13.8 Å². The Labute approximate surface area is 164 Å². The fraction of sp³-hybridized carbons (Fsp3) is 0.381. The largest absolute Gasteiger partial charge is 0.339 e. The Morgan fingerprint density at radius 1 is 1.04 bits per heavy atom. The Balaban J connectivity index is 1.77. The van der Waals surface area contributed by atoms with E-state index in [0.29, 0.717) is 16.2 Å². The summed E-state index contributed by atoms with van der Waals surface area (Å²) in [5, 5.41) is 5.82. The van der Waals surface area contributed by atoms with Gasteiger partial charge in [0.05, 0.1) is 27.4 Å². The van der Waals surface area contributed by atoms with Crippen LogP contribution in [0.5, 0.6) is 0 Å². The first-order chi connectivity index (χ1) is 13.1. The van der Waals surface area contributed by atoms with Gasteiger partial charge in [-0.25, -0.2) is 9.67 Å². The van der Waals surface area contributed by atoms with Gasteiger partial charge in [-0.15, -0.1) is 0 Å². The van der Waals surface area contributed by atoms with E-state index in [1.54, 1.807) is 10.9 Å². The van der Waals surface area contributed by atoms with Crippen LogP contribution in [0.3, 0.4) is 0 Å². The van der Waals surface area contributed by atoms with Crippen molar-refractivity contribution in [1.82, 2.24) is 19.7 Å². The highest BCUT2D eigenvalue weighted by atomic mass is 35.5. The summed E-state index contributed by atoms with van der Waals surface area (Å²) in [5.41, 5.74) is 4.03. The third-order valence-electron chi connectivity index (χ3n) is 5.21. The van der Waals surface area contributed by atoms with E-state index >= 15 is 0 Å². The fourth-order valence-corrected chi connectivity index (χ4v) is 4.02. The lowest BCUT2D eigenvalue weighted by Gasteiger charge is -2.20. The van der Waals surface area contributed by atoms with Crippen LogP contribution >= 0.6 is 11.6 Å². The molecule has 0 spiro atoms. The second-order valence-electron chi connectivity index (χ2n) is 7.22. The molecule has 0 bridgehead atoms. The van der Waals surface area contributed by atoms with E-state index in [4.69, 9.17) is 11.6 Å². The van der Waals surface area contributed by atoms with Crippen LogP contribution in [-0.2, 0) is 0 Å². The van der Waals surface area contributed by atoms with Gasteiger partial charge in [0, 0.05) is 19.3 Å². The van der Waals surface area contributed by atoms with Crippen molar-refractivity contribution in [2.45, 2.75) is 39.5 Å². The third-order valence-corrected chi connectivity index (χ3v) is 5.60. The number of pyridine rings is 1. The van der Waals surface area contributed by atoms with E-state index < -0.39 is 0 Å². The van der Waals surface area contributed by atoms with Gasteiger partial charge in [0.15, 0.2) is 5.65 Å². The third kappa shape index (κ3) is 3.32. The smallest absolute Gasteiger partial charge is 0.256 e. The second kappa shape index (κ2) is 7.31. The topological polar surface area (TPSA) is 51.0 Å². The first-order valence-corrected chi connectivity index (χ1v) is 9.84. The molecule has 0 radical (unpaired) electrons. The molecule has 1 aromatic carbocycles. The van der Waals surface area contributed by atoms with E-state index in [1.165, 1.54) is 18.4 Å². The summed E-state index contributed by atoms with van der Waals surface area (Å²) >= 11 is 6.69. The van der Waals surface area contributed by atoms with Gasteiger partial charge in [-0.2, -0.15) is 5.10 Å². The lowest BCUT2D eigenvalue weighted by atomic mass is 10.1. The maximum atomic E-state index is 13.0. The van der Waals surface area contributed by atoms with Crippen molar-refractivity contribution < 1.29 is 4.79 Å². The van der Waals surface area contributed by atoms with Crippen LogP contribution in [0.25, 0.3) is 16.7 Å². The number of amides is 1. The minimum Gasteiger partial charge on any atom is -0.339 e. The van der Waals surface area contributed by atoms with E-state index in [1.807, 2.05) is 43.0 Å². The molecule has 0 saturated carbocycles. The highest BCUT2D eigenvalue weighted by molar-refractivity contribution is 6.38. The van der Waals surface area contributed by atoms with Crippen LogP contribution < -0.4 is 0 Å². The van der Waals surface area contributed by atoms with E-state index in [2.05, 4.69) is 10.1 Å². The van der Waals surface area contributed by atoms with Crippen molar-refractivity contribution in [3.8, 4) is 5.69 Å². The number of hydrogen-bond donors (Lipinski definition) is 0. The van der Waals surface area contributed by atoms with Gasteiger partial charge in [0.2, 0.25) is 0 Å². The first kappa shape index (κ1) is 18.0. The summed E-state index contributed by atoms with van der Waals surface area (Å²) in [5.74, 6) is -0.0289. The molecule has 2 aromatic heterocycles. The molecular formula is C21H23ClN4O. The van der Waals surface area contributed by atoms with Crippen molar-refractivity contribution in [2.24, 2.45) is 0 Å². The maximum Gasteiger partial charge on any atom is 0.256 e. The summed E-state index contributed by atoms with van der Waals surface area (Å²) in [6.07, 6.45) is 6.05. The zero-order valence-corrected chi connectivity index (χ0v) is 16.5. The van der Waals surface area contributed by atoms with Crippen molar-refractivity contribution in [2.75, 3.05) is 13.1 Å². The van der Waals surface area contributed by atoms with Gasteiger partial charge < -0.3 is 4.90 Å². The lowest BCUT2D eigenvalue weighted by Crippen LogP contribution is -2.32. The average molecular weight is 383 g/mol. The highest BCUT2D eigenvalue weighted by Crippen LogP contribution is 2.31. The molecular weight excluding hydrogens is 360 g/mol. The van der Waals surface area contributed by atoms with Crippen LogP contribution in [0.1, 0.15) is 47.3 Å². The van der Waals surface area contributed by atoms with Crippen molar-refractivity contribution in [3.05, 3.63) is 52.3 Å². The number of carbonyl (C=O) groups excluding carboxylic acids is 1. The molecule has 6 heteroatoms. The molecule has 0 aliphatic carbocycles. The minimum absolute atomic E-state index is 0.0289. The lowest BCUT2D eigenvalue weighted by molar-refractivity contribution is 0.0761. The van der Waals surface area contributed by atoms with Gasteiger partial charge in [0.1, 0.15) is 0 Å². The number of carbonyl (C=O) groups is 1. The zero-order chi connectivity index (χ0) is 19.0. The average Bonchev–Trinajstić information content (AvgIpc) is 2.84. The Bertz CT molecular complexity index is 986. The molecule has 27 heavy (non-hydrogen) atoms. The molecule has 1 aliphatic heterocycles. The summed E-state index contributed by atoms with van der Waals surface area (Å²) in [7, 11) is 0. The Morgan fingerprint density at radius 3 is 2.37 bits per heavy atom. The van der Waals surface area contributed by atoms with Crippen molar-refractivity contribution in [3.63, 3.8) is 0 Å². The molecule has 1 saturated heterocycles. The monoisotopic (exact) mass is 382 g/mol. The molecule has 3 heterocycles. The molecule has 3 aromatic rings. The molecule has 0 atom stereocenters. The molecule has 0 N–H and O–H groups in total. The Hall–Kier alpha value is -2.40. The maximum absolute atomic E-state index is 13.0. The van der Waals surface area contributed by atoms with Crippen LogP contribution in [-0.4, -0.2) is 38.7 Å². The number of rotatable bonds is 2. The number of nitrogens with zero attached hydrogens (tertiary/aromatic N) is 4. The molecule has 5 nitrogen and oxygen atoms in total. The van der Waals surface area contributed by atoms with Crippen LogP contribution in [0.15, 0.2) is 30.5 Å². The Kier molecular flexibility index (Phi) is 4.87. The second-order valence-corrected chi connectivity index (χ2v) is 7.60. The summed E-state index contributed by atoms with van der Waals surface area (Å²) in [6, 6.07) is 8.09. The number of fused-ring (bicyclic) bond motifs is 1. The molecule has 140 valence electrons. The van der Waals surface area contributed by atoms with Crippen molar-refractivity contribution in [1.29, 1.82) is 0 Å². The van der Waals surface area contributed by atoms with Gasteiger partial charge in [-0.1, -0.05) is 42.1 Å². The number of aryl methyl sites for hydroxylation is 2. The summed E-state index contributed by atoms with van der Waals surface area (Å²) in [4.78, 5) is 19.5.